The van der Waals surface area contributed by atoms with Crippen molar-refractivity contribution in [2.45, 2.75) is 61.7 Å². The summed E-state index contributed by atoms with van der Waals surface area (Å²) in [5.74, 6) is -1.58. The van der Waals surface area contributed by atoms with Gasteiger partial charge in [-0.25, -0.2) is 0 Å². The quantitative estimate of drug-likeness (QED) is 0.406. The number of fused-ring (bicyclic) bond motifs is 1. The Morgan fingerprint density at radius 3 is 2.42 bits per heavy atom. The Kier molecular flexibility index (Phi) is 7.82. The van der Waals surface area contributed by atoms with Crippen LogP contribution in [0, 0.1) is 17.8 Å². The number of hydrogen-bond acceptors (Lipinski definition) is 5. The number of carbonyl (C=O) groups excluding carboxylic acids is 3. The zero-order valence-corrected chi connectivity index (χ0v) is 22.8. The molecular weight excluding hydrogens is 498 g/mol. The molecule has 3 heterocycles. The highest BCUT2D eigenvalue weighted by atomic mass is 32.2. The minimum atomic E-state index is -0.758. The number of unbranched alkanes of at least 4 members (excludes halogenated alkanes) is 1. The highest BCUT2D eigenvalue weighted by Gasteiger charge is 2.76. The Morgan fingerprint density at radius 1 is 1.08 bits per heavy atom. The Labute approximate surface area is 228 Å². The lowest BCUT2D eigenvalue weighted by Gasteiger charge is -2.40. The number of aliphatic hydroxyl groups excluding tert-OH is 1. The summed E-state index contributed by atoms with van der Waals surface area (Å²) in [6.07, 6.45) is 2.57. The van der Waals surface area contributed by atoms with Gasteiger partial charge in [0.2, 0.25) is 17.7 Å². The van der Waals surface area contributed by atoms with Crippen LogP contribution < -0.4 is 10.6 Å². The van der Waals surface area contributed by atoms with E-state index in [9.17, 15) is 19.5 Å². The van der Waals surface area contributed by atoms with Gasteiger partial charge in [0, 0.05) is 18.3 Å². The van der Waals surface area contributed by atoms with Crippen molar-refractivity contribution in [2.24, 2.45) is 17.8 Å². The summed E-state index contributed by atoms with van der Waals surface area (Å²) < 4.78 is -0.713. The van der Waals surface area contributed by atoms with Crippen LogP contribution in [0.2, 0.25) is 0 Å². The molecule has 3 saturated heterocycles. The highest BCUT2D eigenvalue weighted by molar-refractivity contribution is 8.02. The lowest BCUT2D eigenvalue weighted by Crippen LogP contribution is -2.57. The van der Waals surface area contributed by atoms with E-state index in [0.29, 0.717) is 13.1 Å². The van der Waals surface area contributed by atoms with Crippen LogP contribution in [0.5, 0.6) is 0 Å². The van der Waals surface area contributed by atoms with E-state index in [1.165, 1.54) is 0 Å². The van der Waals surface area contributed by atoms with Gasteiger partial charge in [0.05, 0.1) is 29.2 Å². The van der Waals surface area contributed by atoms with Crippen LogP contribution in [0.3, 0.4) is 0 Å². The number of amides is 3. The molecule has 7 atom stereocenters. The molecule has 2 aromatic carbocycles. The van der Waals surface area contributed by atoms with Crippen LogP contribution in [-0.4, -0.2) is 56.9 Å². The Bertz CT molecular complexity index is 1160. The first-order chi connectivity index (χ1) is 18.4. The van der Waals surface area contributed by atoms with Crippen LogP contribution in [-0.2, 0) is 20.9 Å². The first-order valence-electron chi connectivity index (χ1n) is 13.7. The molecule has 3 aliphatic rings. The lowest BCUT2D eigenvalue weighted by atomic mass is 9.66. The van der Waals surface area contributed by atoms with E-state index in [4.69, 9.17) is 0 Å². The molecule has 1 spiro atoms. The summed E-state index contributed by atoms with van der Waals surface area (Å²) in [4.78, 5) is 43.5. The predicted molar refractivity (Wildman–Crippen MR) is 148 cm³/mol. The summed E-state index contributed by atoms with van der Waals surface area (Å²) in [7, 11) is 0. The number of rotatable bonds is 10. The SMILES string of the molecule is CCCCNC(=O)C1N([C@H](CO)c2ccccc2)C(=O)[C@@H]2[C@@H](C(=O)NCc3ccccc3)[C@H]3CC(C)C12S3. The minimum absolute atomic E-state index is 0.0212. The monoisotopic (exact) mass is 535 g/mol. The van der Waals surface area contributed by atoms with Crippen molar-refractivity contribution in [1.29, 1.82) is 0 Å². The first-order valence-corrected chi connectivity index (χ1v) is 14.6. The van der Waals surface area contributed by atoms with Crippen molar-refractivity contribution >= 4 is 29.5 Å². The number of aliphatic hydroxyl groups is 1. The summed E-state index contributed by atoms with van der Waals surface area (Å²) in [5, 5.41) is 16.7. The average molecular weight is 536 g/mol. The molecule has 0 aliphatic carbocycles. The van der Waals surface area contributed by atoms with Gasteiger partial charge in [-0.1, -0.05) is 80.9 Å². The van der Waals surface area contributed by atoms with Gasteiger partial charge in [-0.05, 0) is 29.9 Å². The molecule has 7 nitrogen and oxygen atoms in total. The summed E-state index contributed by atoms with van der Waals surface area (Å²) in [5.41, 5.74) is 1.78. The summed E-state index contributed by atoms with van der Waals surface area (Å²) in [6, 6.07) is 17.7. The maximum atomic E-state index is 14.4. The molecule has 0 radical (unpaired) electrons. The number of thioether (sulfide) groups is 1. The first kappa shape index (κ1) is 26.8. The van der Waals surface area contributed by atoms with E-state index in [2.05, 4.69) is 24.5 Å². The molecular formula is C30H37N3O4S. The van der Waals surface area contributed by atoms with Gasteiger partial charge in [-0.3, -0.25) is 14.4 Å². The second kappa shape index (κ2) is 11.1. The van der Waals surface area contributed by atoms with Crippen molar-refractivity contribution in [3.8, 4) is 0 Å². The van der Waals surface area contributed by atoms with E-state index in [0.717, 1.165) is 30.4 Å². The third kappa shape index (κ3) is 4.41. The number of nitrogens with one attached hydrogen (secondary N) is 2. The van der Waals surface area contributed by atoms with Crippen molar-refractivity contribution in [3.05, 3.63) is 71.8 Å². The molecule has 2 aromatic rings. The Hall–Kier alpha value is -2.84. The van der Waals surface area contributed by atoms with Crippen molar-refractivity contribution < 1.29 is 19.5 Å². The van der Waals surface area contributed by atoms with Crippen molar-refractivity contribution in [2.75, 3.05) is 13.2 Å². The van der Waals surface area contributed by atoms with Crippen LogP contribution in [0.1, 0.15) is 50.3 Å². The predicted octanol–water partition coefficient (Wildman–Crippen LogP) is 3.29. The summed E-state index contributed by atoms with van der Waals surface area (Å²) in [6.45, 7) is 4.80. The third-order valence-corrected chi connectivity index (χ3v) is 10.6. The number of carbonyl (C=O) groups is 3. The smallest absolute Gasteiger partial charge is 0.244 e. The average Bonchev–Trinajstić information content (AvgIpc) is 3.53. The molecule has 3 aliphatic heterocycles. The van der Waals surface area contributed by atoms with Crippen LogP contribution in [0.15, 0.2) is 60.7 Å². The molecule has 0 saturated carbocycles. The van der Waals surface area contributed by atoms with Crippen molar-refractivity contribution in [3.63, 3.8) is 0 Å². The van der Waals surface area contributed by atoms with Crippen LogP contribution in [0.4, 0.5) is 0 Å². The van der Waals surface area contributed by atoms with Gasteiger partial charge in [-0.15, -0.1) is 11.8 Å². The highest BCUT2D eigenvalue weighted by Crippen LogP contribution is 2.69. The number of benzene rings is 2. The van der Waals surface area contributed by atoms with E-state index < -0.39 is 28.7 Å². The fourth-order valence-electron chi connectivity index (χ4n) is 6.81. The normalized spacial score (nSPS) is 30.2. The zero-order chi connectivity index (χ0) is 26.9. The van der Waals surface area contributed by atoms with Gasteiger partial charge in [0.25, 0.3) is 0 Å². The van der Waals surface area contributed by atoms with Crippen LogP contribution in [0.25, 0.3) is 0 Å². The maximum absolute atomic E-state index is 14.4. The third-order valence-electron chi connectivity index (χ3n) is 8.57. The lowest BCUT2D eigenvalue weighted by molar-refractivity contribution is -0.143. The van der Waals surface area contributed by atoms with Crippen LogP contribution >= 0.6 is 11.8 Å². The Morgan fingerprint density at radius 2 is 1.76 bits per heavy atom. The van der Waals surface area contributed by atoms with E-state index >= 15 is 0 Å². The number of hydrogen-bond donors (Lipinski definition) is 3. The fourth-order valence-corrected chi connectivity index (χ4v) is 9.22. The zero-order valence-electron chi connectivity index (χ0n) is 22.0. The van der Waals surface area contributed by atoms with Gasteiger partial charge in [-0.2, -0.15) is 0 Å². The molecule has 3 unspecified atom stereocenters. The second-order valence-electron chi connectivity index (χ2n) is 10.8. The van der Waals surface area contributed by atoms with Gasteiger partial charge in [0.15, 0.2) is 0 Å². The van der Waals surface area contributed by atoms with E-state index in [1.807, 2.05) is 60.7 Å². The standard InChI is InChI=1S/C30H37N3O4S/c1-3-4-15-31-28(36)26-30-19(2)16-23(38-30)24(27(35)32-17-20-11-7-5-8-12-20)25(30)29(37)33(26)22(18-34)21-13-9-6-10-14-21/h5-14,19,22-26,34H,3-4,15-18H2,1-2H3,(H,31,36)(H,32,35)/t19?,22-,23-,24+,25+,26?,30?/m1/s1. The summed E-state index contributed by atoms with van der Waals surface area (Å²) >= 11 is 1.66. The topological polar surface area (TPSA) is 98.7 Å². The minimum Gasteiger partial charge on any atom is -0.394 e. The van der Waals surface area contributed by atoms with Gasteiger partial charge < -0.3 is 20.6 Å². The number of likely N-dealkylation sites (tertiary alicyclic amines) is 1. The maximum Gasteiger partial charge on any atom is 0.244 e. The molecule has 0 aromatic heterocycles. The molecule has 2 bridgehead atoms. The van der Waals surface area contributed by atoms with Gasteiger partial charge >= 0.3 is 0 Å². The van der Waals surface area contributed by atoms with Gasteiger partial charge in [0.1, 0.15) is 6.04 Å². The molecule has 8 heteroatoms. The fraction of sp³-hybridized carbons (Fsp3) is 0.500. The molecule has 3 fully saturated rings. The van der Waals surface area contributed by atoms with E-state index in [-0.39, 0.29) is 35.5 Å². The molecule has 38 heavy (non-hydrogen) atoms. The second-order valence-corrected chi connectivity index (χ2v) is 12.3. The van der Waals surface area contributed by atoms with Crippen molar-refractivity contribution in [1.82, 2.24) is 15.5 Å². The largest absolute Gasteiger partial charge is 0.394 e. The molecule has 3 N–H and O–H groups in total. The number of nitrogens with zero attached hydrogens (tertiary/aromatic N) is 1. The molecule has 3 amide bonds. The molecule has 5 rings (SSSR count). The Balaban J connectivity index is 1.51. The molecule has 202 valence electrons. The van der Waals surface area contributed by atoms with E-state index in [1.54, 1.807) is 16.7 Å².